The minimum absolute atomic E-state index is 0.158. The van der Waals surface area contributed by atoms with Gasteiger partial charge < -0.3 is 15.0 Å². The van der Waals surface area contributed by atoms with Crippen molar-refractivity contribution < 1.29 is 22.7 Å². The van der Waals surface area contributed by atoms with Crippen LogP contribution in [0.3, 0.4) is 0 Å². The number of amides is 2. The molecule has 2 aromatic carbocycles. The number of anilines is 1. The quantitative estimate of drug-likeness (QED) is 0.536. The number of hydrogen-bond acceptors (Lipinski definition) is 3. The van der Waals surface area contributed by atoms with E-state index in [0.717, 1.165) is 31.8 Å². The Morgan fingerprint density at radius 2 is 1.78 bits per heavy atom. The van der Waals surface area contributed by atoms with Crippen molar-refractivity contribution in [3.05, 3.63) is 63.6 Å². The number of nitrogens with zero attached hydrogens (tertiary/aromatic N) is 2. The summed E-state index contributed by atoms with van der Waals surface area (Å²) in [4.78, 5) is 16.8. The van der Waals surface area contributed by atoms with Crippen molar-refractivity contribution in [3.63, 3.8) is 0 Å². The average molecular weight is 490 g/mol. The number of benzene rings is 2. The predicted octanol–water partition coefficient (Wildman–Crippen LogP) is 5.77. The summed E-state index contributed by atoms with van der Waals surface area (Å²) in [5.74, 6) is 0. The zero-order valence-electron chi connectivity index (χ0n) is 17.3. The molecule has 1 N–H and O–H groups in total. The molecule has 3 rings (SSSR count). The third-order valence-electron chi connectivity index (χ3n) is 5.14. The van der Waals surface area contributed by atoms with Gasteiger partial charge in [0.15, 0.2) is 0 Å². The zero-order chi connectivity index (χ0) is 23.1. The maximum Gasteiger partial charge on any atom is 0.416 e. The Hall–Kier alpha value is -2.00. The third-order valence-corrected chi connectivity index (χ3v) is 5.96. The second kappa shape index (κ2) is 11.2. The molecule has 2 aromatic rings. The molecule has 0 aromatic heterocycles. The van der Waals surface area contributed by atoms with Gasteiger partial charge in [0, 0.05) is 32.7 Å². The van der Waals surface area contributed by atoms with E-state index < -0.39 is 17.8 Å². The molecule has 0 atom stereocenters. The largest absolute Gasteiger partial charge is 0.416 e. The first kappa shape index (κ1) is 24.6. The first-order chi connectivity index (χ1) is 15.2. The van der Waals surface area contributed by atoms with E-state index in [-0.39, 0.29) is 11.6 Å². The van der Waals surface area contributed by atoms with Crippen LogP contribution >= 0.6 is 23.2 Å². The van der Waals surface area contributed by atoms with Gasteiger partial charge in [-0.3, -0.25) is 4.90 Å². The van der Waals surface area contributed by atoms with E-state index in [1.165, 1.54) is 12.1 Å². The highest BCUT2D eigenvalue weighted by molar-refractivity contribution is 6.43. The molecule has 1 saturated heterocycles. The highest BCUT2D eigenvalue weighted by atomic mass is 35.5. The number of halogens is 5. The van der Waals surface area contributed by atoms with Crippen molar-refractivity contribution in [1.82, 2.24) is 9.80 Å². The summed E-state index contributed by atoms with van der Waals surface area (Å²) < 4.78 is 43.9. The fraction of sp³-hybridized carbons (Fsp3) is 0.409. The van der Waals surface area contributed by atoms with E-state index in [1.54, 1.807) is 23.1 Å². The third kappa shape index (κ3) is 7.00. The van der Waals surface area contributed by atoms with Crippen molar-refractivity contribution in [1.29, 1.82) is 0 Å². The summed E-state index contributed by atoms with van der Waals surface area (Å²) in [5, 5.41) is 3.29. The van der Waals surface area contributed by atoms with Crippen molar-refractivity contribution in [2.45, 2.75) is 19.1 Å². The molecule has 0 bridgehead atoms. The lowest BCUT2D eigenvalue weighted by atomic mass is 10.1. The minimum Gasteiger partial charge on any atom is -0.379 e. The highest BCUT2D eigenvalue weighted by Gasteiger charge is 2.30. The first-order valence-corrected chi connectivity index (χ1v) is 11.0. The summed E-state index contributed by atoms with van der Waals surface area (Å²) in [5.41, 5.74) is 0.238. The molecule has 5 nitrogen and oxygen atoms in total. The Kier molecular flexibility index (Phi) is 8.64. The van der Waals surface area contributed by atoms with Gasteiger partial charge in [-0.15, -0.1) is 0 Å². The Balaban J connectivity index is 1.69. The molecule has 174 valence electrons. The van der Waals surface area contributed by atoms with Crippen molar-refractivity contribution >= 4 is 34.9 Å². The zero-order valence-corrected chi connectivity index (χ0v) is 18.8. The van der Waals surface area contributed by atoms with E-state index in [0.29, 0.717) is 42.5 Å². The Bertz CT molecular complexity index is 904. The predicted molar refractivity (Wildman–Crippen MR) is 119 cm³/mol. The lowest BCUT2D eigenvalue weighted by Gasteiger charge is -2.28. The fourth-order valence-corrected chi connectivity index (χ4v) is 3.72. The molecule has 1 aliphatic heterocycles. The van der Waals surface area contributed by atoms with Crippen LogP contribution in [0, 0.1) is 0 Å². The molecule has 0 saturated carbocycles. The summed E-state index contributed by atoms with van der Waals surface area (Å²) in [6, 6.07) is 9.33. The van der Waals surface area contributed by atoms with E-state index in [2.05, 4.69) is 10.2 Å². The van der Waals surface area contributed by atoms with Gasteiger partial charge in [-0.2, -0.15) is 13.2 Å². The monoisotopic (exact) mass is 489 g/mol. The van der Waals surface area contributed by atoms with Gasteiger partial charge in [-0.05, 0) is 36.2 Å². The number of urea groups is 1. The van der Waals surface area contributed by atoms with Crippen LogP contribution in [-0.4, -0.2) is 55.2 Å². The first-order valence-electron chi connectivity index (χ1n) is 10.2. The van der Waals surface area contributed by atoms with E-state index in [1.807, 2.05) is 0 Å². The van der Waals surface area contributed by atoms with Gasteiger partial charge in [0.1, 0.15) is 0 Å². The average Bonchev–Trinajstić information content (AvgIpc) is 2.76. The lowest BCUT2D eigenvalue weighted by molar-refractivity contribution is -0.137. The number of morpholine rings is 1. The van der Waals surface area contributed by atoms with Crippen molar-refractivity contribution in [2.75, 3.05) is 44.7 Å². The van der Waals surface area contributed by atoms with Crippen LogP contribution in [0.5, 0.6) is 0 Å². The summed E-state index contributed by atoms with van der Waals surface area (Å²) in [6.07, 6.45) is -3.70. The molecule has 0 spiro atoms. The molecule has 0 radical (unpaired) electrons. The Labute approximate surface area is 195 Å². The Morgan fingerprint density at radius 3 is 2.44 bits per heavy atom. The lowest BCUT2D eigenvalue weighted by Crippen LogP contribution is -2.40. The van der Waals surface area contributed by atoms with Crippen LogP contribution in [0.1, 0.15) is 17.5 Å². The SMILES string of the molecule is O=C(Nc1cccc(Cl)c1Cl)N(CCCN1CCOCC1)Cc1ccc(C(F)(F)F)cc1. The molecule has 2 amide bonds. The molecular weight excluding hydrogens is 466 g/mol. The van der Waals surface area contributed by atoms with Crippen LogP contribution in [0.25, 0.3) is 0 Å². The number of rotatable bonds is 7. The second-order valence-corrected chi connectivity index (χ2v) is 8.24. The maximum atomic E-state index is 13.0. The standard InChI is InChI=1S/C22H24Cl2F3N3O2/c23-18-3-1-4-19(20(18)24)28-21(31)30(10-2-9-29-11-13-32-14-12-29)15-16-5-7-17(8-6-16)22(25,26)27/h1,3-8H,2,9-15H2,(H,28,31). The molecule has 1 fully saturated rings. The van der Waals surface area contributed by atoms with Gasteiger partial charge in [0.25, 0.3) is 0 Å². The summed E-state index contributed by atoms with van der Waals surface area (Å²) >= 11 is 12.2. The highest BCUT2D eigenvalue weighted by Crippen LogP contribution is 2.31. The summed E-state index contributed by atoms with van der Waals surface area (Å²) in [6.45, 7) is 4.41. The molecule has 1 heterocycles. The van der Waals surface area contributed by atoms with Crippen LogP contribution in [0.4, 0.5) is 23.7 Å². The van der Waals surface area contributed by atoms with E-state index >= 15 is 0 Å². The number of carbonyl (C=O) groups excluding carboxylic acids is 1. The number of hydrogen-bond donors (Lipinski definition) is 1. The topological polar surface area (TPSA) is 44.8 Å². The number of carbonyl (C=O) groups is 1. The van der Waals surface area contributed by atoms with Gasteiger partial charge in [-0.1, -0.05) is 41.4 Å². The second-order valence-electron chi connectivity index (χ2n) is 7.46. The van der Waals surface area contributed by atoms with Crippen molar-refractivity contribution in [3.8, 4) is 0 Å². The fourth-order valence-electron chi connectivity index (χ4n) is 3.38. The van der Waals surface area contributed by atoms with Crippen LogP contribution in [-0.2, 0) is 17.5 Å². The van der Waals surface area contributed by atoms with Gasteiger partial charge in [0.05, 0.1) is 34.5 Å². The minimum atomic E-state index is -4.41. The van der Waals surface area contributed by atoms with Gasteiger partial charge >= 0.3 is 12.2 Å². The summed E-state index contributed by atoms with van der Waals surface area (Å²) in [7, 11) is 0. The molecule has 10 heteroatoms. The number of ether oxygens (including phenoxy) is 1. The van der Waals surface area contributed by atoms with Crippen LogP contribution < -0.4 is 5.32 Å². The number of nitrogens with one attached hydrogen (secondary N) is 1. The number of alkyl halides is 3. The van der Waals surface area contributed by atoms with E-state index in [9.17, 15) is 18.0 Å². The van der Waals surface area contributed by atoms with Crippen LogP contribution in [0.2, 0.25) is 10.0 Å². The van der Waals surface area contributed by atoms with Crippen molar-refractivity contribution in [2.24, 2.45) is 0 Å². The van der Waals surface area contributed by atoms with Gasteiger partial charge in [0.2, 0.25) is 0 Å². The molecule has 0 unspecified atom stereocenters. The maximum absolute atomic E-state index is 13.0. The van der Waals surface area contributed by atoms with E-state index in [4.69, 9.17) is 27.9 Å². The van der Waals surface area contributed by atoms with Crippen LogP contribution in [0.15, 0.2) is 42.5 Å². The molecule has 0 aliphatic carbocycles. The Morgan fingerprint density at radius 1 is 1.09 bits per heavy atom. The van der Waals surface area contributed by atoms with Gasteiger partial charge in [-0.25, -0.2) is 4.79 Å². The normalized spacial score (nSPS) is 14.9. The molecule has 1 aliphatic rings. The smallest absolute Gasteiger partial charge is 0.379 e. The molecular formula is C22H24Cl2F3N3O2. The molecule has 32 heavy (non-hydrogen) atoms.